The average molecular weight is 522 g/mol. The largest absolute Gasteiger partial charge is 0.493 e. The summed E-state index contributed by atoms with van der Waals surface area (Å²) < 4.78 is 10.4. The Labute approximate surface area is 229 Å². The number of ether oxygens (including phenoxy) is 2. The SMILES string of the molecule is CC1CCC(C)CC1.COc1ccc(CCCC(C)=O)cc1OC.Cc1nc(N(C)C)c2ccccc2n1. The molecule has 4 rings (SSSR count). The molecule has 208 valence electrons. The zero-order valence-corrected chi connectivity index (χ0v) is 24.7. The second kappa shape index (κ2) is 16.0. The van der Waals surface area contributed by atoms with Crippen LogP contribution in [0.3, 0.4) is 0 Å². The van der Waals surface area contributed by atoms with E-state index in [-0.39, 0.29) is 5.78 Å². The Morgan fingerprint density at radius 2 is 1.53 bits per heavy atom. The molecule has 0 amide bonds. The van der Waals surface area contributed by atoms with Crippen molar-refractivity contribution < 1.29 is 14.3 Å². The first-order chi connectivity index (χ1) is 18.1. The van der Waals surface area contributed by atoms with Crippen LogP contribution in [-0.4, -0.2) is 44.1 Å². The molecule has 1 aliphatic carbocycles. The first-order valence-corrected chi connectivity index (χ1v) is 13.8. The lowest BCUT2D eigenvalue weighted by Gasteiger charge is -2.22. The lowest BCUT2D eigenvalue weighted by Crippen LogP contribution is -2.12. The van der Waals surface area contributed by atoms with Crippen molar-refractivity contribution in [2.75, 3.05) is 33.2 Å². The summed E-state index contributed by atoms with van der Waals surface area (Å²) in [7, 11) is 7.23. The van der Waals surface area contributed by atoms with Gasteiger partial charge in [0.05, 0.1) is 19.7 Å². The highest BCUT2D eigenvalue weighted by Gasteiger charge is 2.13. The molecule has 1 heterocycles. The molecule has 1 saturated carbocycles. The fourth-order valence-electron chi connectivity index (χ4n) is 4.52. The first kappa shape index (κ1) is 31.1. The van der Waals surface area contributed by atoms with Crippen molar-refractivity contribution in [2.45, 2.75) is 72.6 Å². The van der Waals surface area contributed by atoms with Crippen molar-refractivity contribution in [1.82, 2.24) is 9.97 Å². The van der Waals surface area contributed by atoms with Gasteiger partial charge in [-0.3, -0.25) is 0 Å². The maximum Gasteiger partial charge on any atom is 0.160 e. The molecule has 6 nitrogen and oxygen atoms in total. The van der Waals surface area contributed by atoms with Crippen molar-refractivity contribution in [3.63, 3.8) is 0 Å². The quantitative estimate of drug-likeness (QED) is 0.322. The number of nitrogens with zero attached hydrogens (tertiary/aromatic N) is 3. The fraction of sp³-hybridized carbons (Fsp3) is 0.531. The standard InChI is InChI=1S/C13H18O3.C11H13N3.C8H16/c1-10(14)5-4-6-11-7-8-12(15-2)13(9-11)16-3;1-8-12-10-7-5-4-6-9(10)11(13-8)14(2)3;1-7-3-5-8(2)6-4-7/h7-9H,4-6H2,1-3H3;4-7H,1-3H3;7-8H,3-6H2,1-2H3. The van der Waals surface area contributed by atoms with Crippen LogP contribution in [-0.2, 0) is 11.2 Å². The van der Waals surface area contributed by atoms with Crippen LogP contribution < -0.4 is 14.4 Å². The van der Waals surface area contributed by atoms with Gasteiger partial charge in [-0.05, 0) is 68.4 Å². The van der Waals surface area contributed by atoms with Gasteiger partial charge in [0.1, 0.15) is 17.4 Å². The number of fused-ring (bicyclic) bond motifs is 1. The van der Waals surface area contributed by atoms with Crippen LogP contribution in [0, 0.1) is 18.8 Å². The third-order valence-corrected chi connectivity index (χ3v) is 6.87. The number of carbonyl (C=O) groups is 1. The number of aromatic nitrogens is 2. The fourth-order valence-corrected chi connectivity index (χ4v) is 4.52. The second-order valence-corrected chi connectivity index (χ2v) is 10.6. The molecule has 38 heavy (non-hydrogen) atoms. The lowest BCUT2D eigenvalue weighted by atomic mass is 9.84. The van der Waals surface area contributed by atoms with Crippen molar-refractivity contribution in [2.24, 2.45) is 11.8 Å². The third kappa shape index (κ3) is 10.3. The number of Topliss-reactive ketones (excluding diaryl/α,β-unsaturated/α-hetero) is 1. The molecule has 2 aromatic carbocycles. The molecule has 0 saturated heterocycles. The van der Waals surface area contributed by atoms with Crippen LogP contribution in [0.15, 0.2) is 42.5 Å². The Bertz CT molecular complexity index is 1130. The molecular formula is C32H47N3O3. The van der Waals surface area contributed by atoms with Gasteiger partial charge in [-0.2, -0.15) is 0 Å². The summed E-state index contributed by atoms with van der Waals surface area (Å²) in [5.41, 5.74) is 2.17. The second-order valence-electron chi connectivity index (χ2n) is 10.6. The zero-order chi connectivity index (χ0) is 28.1. The smallest absolute Gasteiger partial charge is 0.160 e. The summed E-state index contributed by atoms with van der Waals surface area (Å²) in [4.78, 5) is 21.6. The highest BCUT2D eigenvalue weighted by Crippen LogP contribution is 2.28. The van der Waals surface area contributed by atoms with Crippen molar-refractivity contribution in [1.29, 1.82) is 0 Å². The number of rotatable bonds is 7. The normalized spacial score (nSPS) is 16.4. The van der Waals surface area contributed by atoms with E-state index in [1.165, 1.54) is 31.2 Å². The maximum atomic E-state index is 10.8. The monoisotopic (exact) mass is 521 g/mol. The van der Waals surface area contributed by atoms with Crippen LogP contribution in [0.25, 0.3) is 10.9 Å². The molecular weight excluding hydrogens is 474 g/mol. The van der Waals surface area contributed by atoms with Gasteiger partial charge >= 0.3 is 0 Å². The third-order valence-electron chi connectivity index (χ3n) is 6.87. The summed E-state index contributed by atoms with van der Waals surface area (Å²) in [5, 5.41) is 1.10. The van der Waals surface area contributed by atoms with E-state index in [1.54, 1.807) is 21.1 Å². The van der Waals surface area contributed by atoms with E-state index in [1.807, 2.05) is 68.4 Å². The molecule has 0 bridgehead atoms. The molecule has 0 unspecified atom stereocenters. The molecule has 0 atom stereocenters. The molecule has 3 aromatic rings. The molecule has 6 heteroatoms. The highest BCUT2D eigenvalue weighted by atomic mass is 16.5. The Balaban J connectivity index is 0.000000210. The van der Waals surface area contributed by atoms with Crippen molar-refractivity contribution in [3.05, 3.63) is 53.9 Å². The summed E-state index contributed by atoms with van der Waals surface area (Å²) in [6.07, 6.45) is 8.30. The molecule has 1 aliphatic rings. The summed E-state index contributed by atoms with van der Waals surface area (Å²) in [6, 6.07) is 13.9. The Morgan fingerprint density at radius 1 is 0.921 bits per heavy atom. The number of aryl methyl sites for hydroxylation is 2. The minimum absolute atomic E-state index is 0.237. The van der Waals surface area contributed by atoms with E-state index in [9.17, 15) is 4.79 Å². The van der Waals surface area contributed by atoms with E-state index >= 15 is 0 Å². The van der Waals surface area contributed by atoms with E-state index in [0.717, 1.165) is 58.7 Å². The Hall–Kier alpha value is -3.15. The lowest BCUT2D eigenvalue weighted by molar-refractivity contribution is -0.117. The summed E-state index contributed by atoms with van der Waals surface area (Å²) in [5.74, 6) is 5.54. The summed E-state index contributed by atoms with van der Waals surface area (Å²) in [6.45, 7) is 8.27. The zero-order valence-electron chi connectivity index (χ0n) is 24.7. The number of benzene rings is 2. The molecule has 1 aromatic heterocycles. The molecule has 0 aliphatic heterocycles. The number of methoxy groups -OCH3 is 2. The first-order valence-electron chi connectivity index (χ1n) is 13.8. The minimum atomic E-state index is 0.237. The Kier molecular flexibility index (Phi) is 13.0. The predicted octanol–water partition coefficient (Wildman–Crippen LogP) is 7.45. The van der Waals surface area contributed by atoms with Gasteiger partial charge in [0, 0.05) is 25.9 Å². The van der Waals surface area contributed by atoms with Crippen LogP contribution in [0.2, 0.25) is 0 Å². The highest BCUT2D eigenvalue weighted by molar-refractivity contribution is 5.89. The van der Waals surface area contributed by atoms with E-state index in [4.69, 9.17) is 9.47 Å². The van der Waals surface area contributed by atoms with E-state index in [0.29, 0.717) is 6.42 Å². The molecule has 0 spiro atoms. The number of hydrogen-bond acceptors (Lipinski definition) is 6. The van der Waals surface area contributed by atoms with E-state index < -0.39 is 0 Å². The number of ketones is 1. The number of anilines is 1. The van der Waals surface area contributed by atoms with Gasteiger partial charge in [-0.25, -0.2) is 9.97 Å². The van der Waals surface area contributed by atoms with Gasteiger partial charge < -0.3 is 19.2 Å². The molecule has 1 fully saturated rings. The average Bonchev–Trinajstić information content (AvgIpc) is 2.90. The van der Waals surface area contributed by atoms with Gasteiger partial charge in [0.15, 0.2) is 11.5 Å². The minimum Gasteiger partial charge on any atom is -0.493 e. The molecule has 0 N–H and O–H groups in total. The van der Waals surface area contributed by atoms with Gasteiger partial charge in [0.2, 0.25) is 0 Å². The van der Waals surface area contributed by atoms with Gasteiger partial charge in [-0.1, -0.05) is 57.7 Å². The topological polar surface area (TPSA) is 64.6 Å². The van der Waals surface area contributed by atoms with Crippen LogP contribution in [0.4, 0.5) is 5.82 Å². The van der Waals surface area contributed by atoms with Crippen LogP contribution >= 0.6 is 0 Å². The number of carbonyl (C=O) groups excluding carboxylic acids is 1. The number of para-hydroxylation sites is 1. The van der Waals surface area contributed by atoms with Gasteiger partial charge in [0.25, 0.3) is 0 Å². The molecule has 0 radical (unpaired) electrons. The number of hydrogen-bond donors (Lipinski definition) is 0. The van der Waals surface area contributed by atoms with Gasteiger partial charge in [-0.15, -0.1) is 0 Å². The Morgan fingerprint density at radius 3 is 2.08 bits per heavy atom. The van der Waals surface area contributed by atoms with E-state index in [2.05, 4.69) is 23.8 Å². The predicted molar refractivity (Wildman–Crippen MR) is 159 cm³/mol. The van der Waals surface area contributed by atoms with Crippen LogP contribution in [0.5, 0.6) is 11.5 Å². The summed E-state index contributed by atoms with van der Waals surface area (Å²) >= 11 is 0. The van der Waals surface area contributed by atoms with Crippen molar-refractivity contribution in [3.8, 4) is 11.5 Å². The maximum absolute atomic E-state index is 10.8. The van der Waals surface area contributed by atoms with Crippen molar-refractivity contribution >= 4 is 22.5 Å². The van der Waals surface area contributed by atoms with Crippen LogP contribution in [0.1, 0.15) is 70.7 Å².